The first-order valence-corrected chi connectivity index (χ1v) is 6.24. The number of aliphatic hydroxyl groups excluding tert-OH is 1. The molecule has 1 aromatic carbocycles. The van der Waals surface area contributed by atoms with Gasteiger partial charge in [0.05, 0.1) is 38.6 Å². The predicted octanol–water partition coefficient (Wildman–Crippen LogP) is 1.18. The third-order valence-corrected chi connectivity index (χ3v) is 2.32. The molecular formula is C14H20O5. The molecule has 0 heterocycles. The van der Waals surface area contributed by atoms with Crippen LogP contribution in [0.25, 0.3) is 0 Å². The molecule has 1 aromatic rings. The molecule has 0 amide bonds. The van der Waals surface area contributed by atoms with Crippen LogP contribution in [0.3, 0.4) is 0 Å². The van der Waals surface area contributed by atoms with Crippen molar-refractivity contribution in [2.45, 2.75) is 6.92 Å². The molecule has 0 saturated carbocycles. The van der Waals surface area contributed by atoms with Crippen molar-refractivity contribution in [3.8, 4) is 0 Å². The number of rotatable bonds is 9. The zero-order valence-corrected chi connectivity index (χ0v) is 11.1. The normalized spacial score (nSPS) is 10.4. The summed E-state index contributed by atoms with van der Waals surface area (Å²) >= 11 is 0. The molecule has 0 unspecified atom stereocenters. The lowest BCUT2D eigenvalue weighted by atomic mass is 10.1. The summed E-state index contributed by atoms with van der Waals surface area (Å²) in [6, 6.07) is 7.25. The second-order valence-corrected chi connectivity index (χ2v) is 3.95. The molecule has 0 aliphatic rings. The summed E-state index contributed by atoms with van der Waals surface area (Å²) in [4.78, 5) is 11.6. The first-order valence-electron chi connectivity index (χ1n) is 6.24. The Hall–Kier alpha value is -1.43. The fourth-order valence-electron chi connectivity index (χ4n) is 1.44. The van der Waals surface area contributed by atoms with Gasteiger partial charge in [-0.25, -0.2) is 4.79 Å². The highest BCUT2D eigenvalue weighted by molar-refractivity contribution is 5.89. The van der Waals surface area contributed by atoms with Gasteiger partial charge in [-0.1, -0.05) is 17.7 Å². The summed E-state index contributed by atoms with van der Waals surface area (Å²) < 4.78 is 15.3. The van der Waals surface area contributed by atoms with Crippen molar-refractivity contribution in [3.05, 3.63) is 35.4 Å². The molecule has 19 heavy (non-hydrogen) atoms. The fraction of sp³-hybridized carbons (Fsp3) is 0.500. The van der Waals surface area contributed by atoms with Crippen molar-refractivity contribution in [3.63, 3.8) is 0 Å². The molecule has 0 bridgehead atoms. The minimum Gasteiger partial charge on any atom is -0.460 e. The van der Waals surface area contributed by atoms with Crippen LogP contribution in [0, 0.1) is 6.92 Å². The maximum atomic E-state index is 11.6. The van der Waals surface area contributed by atoms with E-state index in [1.807, 2.05) is 19.1 Å². The lowest BCUT2D eigenvalue weighted by molar-refractivity contribution is 0.00919. The van der Waals surface area contributed by atoms with E-state index in [0.717, 1.165) is 5.56 Å². The summed E-state index contributed by atoms with van der Waals surface area (Å²) in [7, 11) is 0. The topological polar surface area (TPSA) is 65.0 Å². The summed E-state index contributed by atoms with van der Waals surface area (Å²) in [5.41, 5.74) is 1.57. The van der Waals surface area contributed by atoms with E-state index in [0.29, 0.717) is 32.0 Å². The molecule has 0 aliphatic carbocycles. The van der Waals surface area contributed by atoms with Gasteiger partial charge in [-0.2, -0.15) is 0 Å². The first-order chi connectivity index (χ1) is 9.24. The highest BCUT2D eigenvalue weighted by Crippen LogP contribution is 2.05. The largest absolute Gasteiger partial charge is 0.460 e. The van der Waals surface area contributed by atoms with Crippen molar-refractivity contribution in [2.75, 3.05) is 39.6 Å². The summed E-state index contributed by atoms with van der Waals surface area (Å²) in [5, 5.41) is 8.47. The average molecular weight is 268 g/mol. The van der Waals surface area contributed by atoms with Crippen LogP contribution in [-0.2, 0) is 14.2 Å². The molecule has 0 radical (unpaired) electrons. The number of hydrogen-bond acceptors (Lipinski definition) is 5. The van der Waals surface area contributed by atoms with Crippen molar-refractivity contribution in [2.24, 2.45) is 0 Å². The smallest absolute Gasteiger partial charge is 0.338 e. The third kappa shape index (κ3) is 6.91. The van der Waals surface area contributed by atoms with Crippen LogP contribution in [0.15, 0.2) is 24.3 Å². The third-order valence-electron chi connectivity index (χ3n) is 2.32. The van der Waals surface area contributed by atoms with Crippen LogP contribution in [0.5, 0.6) is 0 Å². The molecule has 1 rings (SSSR count). The van der Waals surface area contributed by atoms with Crippen molar-refractivity contribution in [1.82, 2.24) is 0 Å². The predicted molar refractivity (Wildman–Crippen MR) is 70.2 cm³/mol. The number of benzene rings is 1. The zero-order valence-electron chi connectivity index (χ0n) is 11.1. The van der Waals surface area contributed by atoms with Gasteiger partial charge in [-0.05, 0) is 19.1 Å². The van der Waals surface area contributed by atoms with Crippen molar-refractivity contribution < 1.29 is 24.1 Å². The Morgan fingerprint density at radius 1 is 1.11 bits per heavy atom. The van der Waals surface area contributed by atoms with Gasteiger partial charge in [-0.3, -0.25) is 0 Å². The minimum absolute atomic E-state index is 0.00804. The van der Waals surface area contributed by atoms with Gasteiger partial charge in [0, 0.05) is 0 Å². The average Bonchev–Trinajstić information content (AvgIpc) is 2.41. The Morgan fingerprint density at radius 3 is 2.47 bits per heavy atom. The van der Waals surface area contributed by atoms with E-state index < -0.39 is 0 Å². The van der Waals surface area contributed by atoms with Gasteiger partial charge >= 0.3 is 5.97 Å². The molecule has 0 saturated heterocycles. The molecular weight excluding hydrogens is 248 g/mol. The van der Waals surface area contributed by atoms with Crippen LogP contribution in [0.1, 0.15) is 15.9 Å². The lowest BCUT2D eigenvalue weighted by Crippen LogP contribution is -2.13. The summed E-state index contributed by atoms with van der Waals surface area (Å²) in [5.74, 6) is -0.344. The van der Waals surface area contributed by atoms with Gasteiger partial charge in [0.25, 0.3) is 0 Å². The highest BCUT2D eigenvalue weighted by atomic mass is 16.6. The summed E-state index contributed by atoms with van der Waals surface area (Å²) in [6.45, 7) is 3.63. The van der Waals surface area contributed by atoms with Crippen LogP contribution in [0.4, 0.5) is 0 Å². The van der Waals surface area contributed by atoms with Gasteiger partial charge in [0.15, 0.2) is 0 Å². The Balaban J connectivity index is 2.08. The van der Waals surface area contributed by atoms with E-state index >= 15 is 0 Å². The Labute approximate surface area is 113 Å². The van der Waals surface area contributed by atoms with E-state index in [4.69, 9.17) is 19.3 Å². The minimum atomic E-state index is -0.344. The number of hydrogen-bond donors (Lipinski definition) is 1. The maximum absolute atomic E-state index is 11.6. The molecule has 5 heteroatoms. The molecule has 5 nitrogen and oxygen atoms in total. The van der Waals surface area contributed by atoms with Crippen LogP contribution in [0.2, 0.25) is 0 Å². The van der Waals surface area contributed by atoms with E-state index in [-0.39, 0.29) is 19.2 Å². The van der Waals surface area contributed by atoms with Gasteiger partial charge in [-0.15, -0.1) is 0 Å². The van der Waals surface area contributed by atoms with Crippen molar-refractivity contribution >= 4 is 5.97 Å². The number of carbonyl (C=O) groups is 1. The van der Waals surface area contributed by atoms with Crippen LogP contribution in [-0.4, -0.2) is 50.7 Å². The SMILES string of the molecule is Cc1cccc(C(=O)OCCOCCOCCO)c1. The Bertz CT molecular complexity index is 378. The molecule has 0 atom stereocenters. The van der Waals surface area contributed by atoms with E-state index in [9.17, 15) is 4.79 Å². The Kier molecular flexibility index (Phi) is 7.81. The number of aryl methyl sites for hydroxylation is 1. The highest BCUT2D eigenvalue weighted by Gasteiger charge is 2.06. The van der Waals surface area contributed by atoms with E-state index in [2.05, 4.69) is 0 Å². The monoisotopic (exact) mass is 268 g/mol. The quantitative estimate of drug-likeness (QED) is 0.538. The molecule has 0 aliphatic heterocycles. The fourth-order valence-corrected chi connectivity index (χ4v) is 1.44. The standard InChI is InChI=1S/C14H20O5/c1-12-3-2-4-13(11-12)14(16)19-10-9-18-8-7-17-6-5-15/h2-4,11,15H,5-10H2,1H3. The molecule has 0 aromatic heterocycles. The second kappa shape index (κ2) is 9.49. The van der Waals surface area contributed by atoms with E-state index in [1.165, 1.54) is 0 Å². The summed E-state index contributed by atoms with van der Waals surface area (Å²) in [6.07, 6.45) is 0. The maximum Gasteiger partial charge on any atom is 0.338 e. The number of ether oxygens (including phenoxy) is 3. The van der Waals surface area contributed by atoms with Gasteiger partial charge in [0.2, 0.25) is 0 Å². The number of esters is 1. The molecule has 0 fully saturated rings. The first kappa shape index (κ1) is 15.6. The number of carbonyl (C=O) groups excluding carboxylic acids is 1. The lowest BCUT2D eigenvalue weighted by Gasteiger charge is -2.07. The molecule has 1 N–H and O–H groups in total. The van der Waals surface area contributed by atoms with Crippen LogP contribution >= 0.6 is 0 Å². The van der Waals surface area contributed by atoms with Gasteiger partial charge < -0.3 is 19.3 Å². The zero-order chi connectivity index (χ0) is 13.9. The second-order valence-electron chi connectivity index (χ2n) is 3.95. The molecule has 106 valence electrons. The Morgan fingerprint density at radius 2 is 1.79 bits per heavy atom. The van der Waals surface area contributed by atoms with E-state index in [1.54, 1.807) is 12.1 Å². The number of aliphatic hydroxyl groups is 1. The molecule has 0 spiro atoms. The van der Waals surface area contributed by atoms with Crippen LogP contribution < -0.4 is 0 Å². The van der Waals surface area contributed by atoms with Crippen molar-refractivity contribution in [1.29, 1.82) is 0 Å². The van der Waals surface area contributed by atoms with Gasteiger partial charge in [0.1, 0.15) is 6.61 Å².